The zero-order valence-electron chi connectivity index (χ0n) is 17.6. The van der Waals surface area contributed by atoms with Crippen molar-refractivity contribution in [2.75, 3.05) is 11.9 Å². The number of hydrogen-bond acceptors (Lipinski definition) is 5. The van der Waals surface area contributed by atoms with Crippen molar-refractivity contribution in [3.8, 4) is 17.0 Å². The number of hydrogen-bond donors (Lipinski definition) is 4. The summed E-state index contributed by atoms with van der Waals surface area (Å²) in [5.41, 5.74) is 2.53. The Morgan fingerprint density at radius 2 is 1.90 bits per heavy atom. The van der Waals surface area contributed by atoms with E-state index in [9.17, 15) is 9.59 Å². The van der Waals surface area contributed by atoms with Crippen LogP contribution in [-0.4, -0.2) is 39.8 Å². The maximum Gasteiger partial charge on any atom is 0.404 e. The van der Waals surface area contributed by atoms with Gasteiger partial charge in [0.1, 0.15) is 5.82 Å². The van der Waals surface area contributed by atoms with Crippen LogP contribution in [0.3, 0.4) is 0 Å². The van der Waals surface area contributed by atoms with Gasteiger partial charge in [0.05, 0.1) is 6.10 Å². The summed E-state index contributed by atoms with van der Waals surface area (Å²) < 4.78 is 5.72. The minimum atomic E-state index is -1.11. The van der Waals surface area contributed by atoms with Crippen LogP contribution < -0.4 is 20.7 Å². The minimum absolute atomic E-state index is 0.0129. The molecule has 3 amide bonds. The largest absolute Gasteiger partial charge is 0.475 e. The Bertz CT molecular complexity index is 1100. The number of carboxylic acid groups (broad SMARTS) is 1. The zero-order valence-corrected chi connectivity index (χ0v) is 17.6. The fraction of sp³-hybridized carbons (Fsp3) is 0.273. The lowest BCUT2D eigenvalue weighted by Crippen LogP contribution is -2.28. The highest BCUT2D eigenvalue weighted by Gasteiger charge is 2.13. The first-order valence-electron chi connectivity index (χ1n) is 9.93. The summed E-state index contributed by atoms with van der Waals surface area (Å²) >= 11 is 0. The number of fused-ring (bicyclic) bond motifs is 1. The number of nitrogens with zero attached hydrogens (tertiary/aromatic N) is 2. The van der Waals surface area contributed by atoms with Gasteiger partial charge in [-0.25, -0.2) is 19.6 Å². The van der Waals surface area contributed by atoms with Gasteiger partial charge in [0, 0.05) is 36.9 Å². The number of aromatic nitrogens is 2. The lowest BCUT2D eigenvalue weighted by Gasteiger charge is -2.14. The first-order chi connectivity index (χ1) is 14.9. The molecule has 0 saturated heterocycles. The van der Waals surface area contributed by atoms with Crippen LogP contribution in [0.1, 0.15) is 26.3 Å². The van der Waals surface area contributed by atoms with E-state index < -0.39 is 6.09 Å². The molecule has 0 aliphatic heterocycles. The fourth-order valence-electron chi connectivity index (χ4n) is 3.15. The molecule has 9 nitrogen and oxygen atoms in total. The molecule has 3 rings (SSSR count). The summed E-state index contributed by atoms with van der Waals surface area (Å²) in [5.74, 6) is 0.891. The summed E-state index contributed by atoms with van der Waals surface area (Å²) in [6, 6.07) is 8.90. The van der Waals surface area contributed by atoms with Crippen molar-refractivity contribution in [3.05, 3.63) is 48.3 Å². The van der Waals surface area contributed by atoms with Gasteiger partial charge < -0.3 is 20.5 Å². The van der Waals surface area contributed by atoms with E-state index in [4.69, 9.17) is 9.84 Å². The molecule has 9 heteroatoms. The van der Waals surface area contributed by atoms with E-state index in [1.165, 1.54) is 0 Å². The Morgan fingerprint density at radius 3 is 2.61 bits per heavy atom. The fourth-order valence-corrected chi connectivity index (χ4v) is 3.15. The van der Waals surface area contributed by atoms with Crippen molar-refractivity contribution in [2.45, 2.75) is 33.4 Å². The predicted molar refractivity (Wildman–Crippen MR) is 118 cm³/mol. The number of benzene rings is 1. The summed E-state index contributed by atoms with van der Waals surface area (Å²) in [5, 5.41) is 18.3. The molecular weight excluding hydrogens is 398 g/mol. The maximum absolute atomic E-state index is 11.9. The summed E-state index contributed by atoms with van der Waals surface area (Å²) in [4.78, 5) is 31.5. The highest BCUT2D eigenvalue weighted by Crippen LogP contribution is 2.33. The van der Waals surface area contributed by atoms with Crippen molar-refractivity contribution in [2.24, 2.45) is 0 Å². The van der Waals surface area contributed by atoms with E-state index in [0.717, 1.165) is 27.5 Å². The molecule has 0 spiro atoms. The Labute approximate surface area is 179 Å². The van der Waals surface area contributed by atoms with E-state index in [1.807, 2.05) is 45.0 Å². The molecule has 4 N–H and O–H groups in total. The van der Waals surface area contributed by atoms with E-state index in [0.29, 0.717) is 18.2 Å². The summed E-state index contributed by atoms with van der Waals surface area (Å²) in [7, 11) is 0. The Balaban J connectivity index is 2.10. The van der Waals surface area contributed by atoms with Gasteiger partial charge in [-0.2, -0.15) is 0 Å². The zero-order chi connectivity index (χ0) is 22.4. The van der Waals surface area contributed by atoms with Gasteiger partial charge in [-0.05, 0) is 55.0 Å². The Kier molecular flexibility index (Phi) is 6.86. The van der Waals surface area contributed by atoms with Crippen LogP contribution in [-0.2, 0) is 6.54 Å². The van der Waals surface area contributed by atoms with E-state index >= 15 is 0 Å². The van der Waals surface area contributed by atoms with Crippen molar-refractivity contribution in [1.29, 1.82) is 0 Å². The number of amides is 3. The third kappa shape index (κ3) is 5.59. The molecule has 3 aromatic rings. The van der Waals surface area contributed by atoms with Crippen LogP contribution in [0.5, 0.6) is 5.88 Å². The molecule has 0 fully saturated rings. The monoisotopic (exact) mass is 423 g/mol. The molecule has 2 aromatic heterocycles. The first-order valence-corrected chi connectivity index (χ1v) is 9.93. The van der Waals surface area contributed by atoms with Crippen LogP contribution in [0.2, 0.25) is 0 Å². The standard InChI is InChI=1S/C22H25N5O4/c1-4-23-21(28)27-19-10-17-16(14-7-8-24-20(9-14)31-13(2)3)6-5-15(11-26-22(29)30)18(17)12-25-19/h5-10,12-13,26H,4,11H2,1-3H3,(H,29,30)(H2,23,25,27,28). The number of carbonyl (C=O) groups is 2. The van der Waals surface area contributed by atoms with Crippen molar-refractivity contribution >= 4 is 28.7 Å². The predicted octanol–water partition coefficient (Wildman–Crippen LogP) is 3.99. The average molecular weight is 423 g/mol. The molecule has 0 aliphatic carbocycles. The summed E-state index contributed by atoms with van der Waals surface area (Å²) in [6.07, 6.45) is 2.19. The van der Waals surface area contributed by atoms with Gasteiger partial charge in [-0.3, -0.25) is 5.32 Å². The molecular formula is C22H25N5O4. The van der Waals surface area contributed by atoms with Crippen molar-refractivity contribution in [3.63, 3.8) is 0 Å². The van der Waals surface area contributed by atoms with Crippen LogP contribution in [0.4, 0.5) is 15.4 Å². The molecule has 0 unspecified atom stereocenters. The normalized spacial score (nSPS) is 10.7. The second-order valence-corrected chi connectivity index (χ2v) is 7.08. The third-order valence-electron chi connectivity index (χ3n) is 4.40. The second kappa shape index (κ2) is 9.75. The molecule has 0 bridgehead atoms. The topological polar surface area (TPSA) is 125 Å². The van der Waals surface area contributed by atoms with E-state index in [2.05, 4.69) is 25.9 Å². The number of pyridine rings is 2. The lowest BCUT2D eigenvalue weighted by molar-refractivity contribution is 0.194. The third-order valence-corrected chi connectivity index (χ3v) is 4.40. The van der Waals surface area contributed by atoms with Crippen molar-refractivity contribution < 1.29 is 19.4 Å². The molecule has 0 saturated carbocycles. The number of carbonyl (C=O) groups excluding carboxylic acids is 1. The van der Waals surface area contributed by atoms with Gasteiger partial charge in [0.25, 0.3) is 0 Å². The number of rotatable bonds is 7. The van der Waals surface area contributed by atoms with Crippen LogP contribution in [0, 0.1) is 0 Å². The smallest absolute Gasteiger partial charge is 0.404 e. The number of ether oxygens (including phenoxy) is 1. The second-order valence-electron chi connectivity index (χ2n) is 7.08. The average Bonchev–Trinajstić information content (AvgIpc) is 2.71. The summed E-state index contributed by atoms with van der Waals surface area (Å²) in [6.45, 7) is 6.31. The number of nitrogens with one attached hydrogen (secondary N) is 3. The highest BCUT2D eigenvalue weighted by atomic mass is 16.5. The highest BCUT2D eigenvalue weighted by molar-refractivity contribution is 6.01. The number of urea groups is 1. The van der Waals surface area contributed by atoms with Gasteiger partial charge in [0.15, 0.2) is 0 Å². The molecule has 1 aromatic carbocycles. The Morgan fingerprint density at radius 1 is 1.10 bits per heavy atom. The quantitative estimate of drug-likeness (QED) is 0.455. The first kappa shape index (κ1) is 21.8. The molecule has 0 radical (unpaired) electrons. The molecule has 162 valence electrons. The maximum atomic E-state index is 11.9. The lowest BCUT2D eigenvalue weighted by atomic mass is 9.96. The van der Waals surface area contributed by atoms with Gasteiger partial charge in [-0.15, -0.1) is 0 Å². The van der Waals surface area contributed by atoms with Gasteiger partial charge in [0.2, 0.25) is 5.88 Å². The van der Waals surface area contributed by atoms with E-state index in [1.54, 1.807) is 18.5 Å². The van der Waals surface area contributed by atoms with Crippen LogP contribution in [0.15, 0.2) is 42.7 Å². The van der Waals surface area contributed by atoms with Crippen LogP contribution in [0.25, 0.3) is 21.9 Å². The molecule has 31 heavy (non-hydrogen) atoms. The minimum Gasteiger partial charge on any atom is -0.475 e. The van der Waals surface area contributed by atoms with E-state index in [-0.39, 0.29) is 18.7 Å². The molecule has 2 heterocycles. The molecule has 0 aliphatic rings. The SMILES string of the molecule is CCNC(=O)Nc1cc2c(-c3ccnc(OC(C)C)c3)ccc(CNC(=O)O)c2cn1. The van der Waals surface area contributed by atoms with Gasteiger partial charge >= 0.3 is 12.1 Å². The Hall–Kier alpha value is -3.88. The van der Waals surface area contributed by atoms with Gasteiger partial charge in [-0.1, -0.05) is 12.1 Å². The van der Waals surface area contributed by atoms with Crippen molar-refractivity contribution in [1.82, 2.24) is 20.6 Å². The number of anilines is 1. The molecule has 0 atom stereocenters. The van der Waals surface area contributed by atoms with Crippen LogP contribution >= 0.6 is 0 Å².